The van der Waals surface area contributed by atoms with E-state index < -0.39 is 0 Å². The molecule has 1 saturated heterocycles. The molecule has 0 bridgehead atoms. The van der Waals surface area contributed by atoms with Crippen LogP contribution in [0.2, 0.25) is 0 Å². The summed E-state index contributed by atoms with van der Waals surface area (Å²) in [6.07, 6.45) is 0. The summed E-state index contributed by atoms with van der Waals surface area (Å²) in [5.41, 5.74) is 1.65. The van der Waals surface area contributed by atoms with Gasteiger partial charge in [0.2, 0.25) is 0 Å². The van der Waals surface area contributed by atoms with Gasteiger partial charge in [0.05, 0.1) is 11.6 Å². The van der Waals surface area contributed by atoms with Crippen LogP contribution in [0, 0.1) is 11.3 Å². The lowest BCUT2D eigenvalue weighted by atomic mass is 10.1. The van der Waals surface area contributed by atoms with Crippen molar-refractivity contribution in [3.8, 4) is 6.07 Å². The largest absolute Gasteiger partial charge is 0.334 e. The van der Waals surface area contributed by atoms with E-state index in [1.807, 2.05) is 28.8 Å². The molecule has 18 heavy (non-hydrogen) atoms. The summed E-state index contributed by atoms with van der Waals surface area (Å²) in [7, 11) is 0. The molecule has 2 rings (SSSR count). The molecule has 1 N–H and O–H groups in total. The van der Waals surface area contributed by atoms with E-state index in [9.17, 15) is 4.79 Å². The predicted octanol–water partition coefficient (Wildman–Crippen LogP) is 1.82. The number of thioether (sulfide) groups is 1. The smallest absolute Gasteiger partial charge is 0.317 e. The number of carbonyl (C=O) groups excluding carboxylic acids is 1. The summed E-state index contributed by atoms with van der Waals surface area (Å²) in [4.78, 5) is 13.7. The maximum absolute atomic E-state index is 11.8. The number of nitrogens with one attached hydrogen (secondary N) is 1. The first kappa shape index (κ1) is 12.8. The van der Waals surface area contributed by atoms with E-state index in [1.54, 1.807) is 12.1 Å². The lowest BCUT2D eigenvalue weighted by Crippen LogP contribution is -2.44. The van der Waals surface area contributed by atoms with Gasteiger partial charge in [0.25, 0.3) is 0 Å². The van der Waals surface area contributed by atoms with E-state index in [1.165, 1.54) is 0 Å². The van der Waals surface area contributed by atoms with Gasteiger partial charge in [-0.3, -0.25) is 0 Å². The third-order valence-electron chi connectivity index (χ3n) is 2.83. The molecule has 1 aromatic rings. The van der Waals surface area contributed by atoms with Gasteiger partial charge in [0, 0.05) is 31.1 Å². The van der Waals surface area contributed by atoms with Crippen LogP contribution in [0.15, 0.2) is 24.3 Å². The molecule has 0 radical (unpaired) electrons. The molecule has 4 nitrogen and oxygen atoms in total. The highest BCUT2D eigenvalue weighted by Crippen LogP contribution is 2.09. The highest BCUT2D eigenvalue weighted by molar-refractivity contribution is 7.99. The molecule has 0 spiro atoms. The Hall–Kier alpha value is -1.67. The fourth-order valence-corrected chi connectivity index (χ4v) is 2.66. The number of rotatable bonds is 2. The fourth-order valence-electron chi connectivity index (χ4n) is 1.75. The number of benzene rings is 1. The monoisotopic (exact) mass is 261 g/mol. The third kappa shape index (κ3) is 3.41. The molecule has 5 heteroatoms. The first-order chi connectivity index (χ1) is 8.79. The highest BCUT2D eigenvalue weighted by atomic mass is 32.2. The third-order valence-corrected chi connectivity index (χ3v) is 3.77. The van der Waals surface area contributed by atoms with Crippen LogP contribution in [-0.4, -0.2) is 35.5 Å². The van der Waals surface area contributed by atoms with Crippen LogP contribution in [0.4, 0.5) is 4.79 Å². The van der Waals surface area contributed by atoms with Gasteiger partial charge in [-0.25, -0.2) is 4.79 Å². The second-order valence-electron chi connectivity index (χ2n) is 4.07. The zero-order valence-electron chi connectivity index (χ0n) is 10.1. The van der Waals surface area contributed by atoms with Gasteiger partial charge in [-0.1, -0.05) is 12.1 Å². The molecule has 1 aliphatic heterocycles. The number of hydrogen-bond acceptors (Lipinski definition) is 3. The molecule has 1 fully saturated rings. The van der Waals surface area contributed by atoms with Gasteiger partial charge in [-0.2, -0.15) is 17.0 Å². The van der Waals surface area contributed by atoms with Crippen molar-refractivity contribution in [3.63, 3.8) is 0 Å². The van der Waals surface area contributed by atoms with Crippen LogP contribution in [0.5, 0.6) is 0 Å². The molecule has 0 atom stereocenters. The number of nitriles is 1. The van der Waals surface area contributed by atoms with Crippen LogP contribution in [-0.2, 0) is 6.54 Å². The Morgan fingerprint density at radius 3 is 2.61 bits per heavy atom. The van der Waals surface area contributed by atoms with E-state index in [4.69, 9.17) is 5.26 Å². The minimum atomic E-state index is -0.000315. The summed E-state index contributed by atoms with van der Waals surface area (Å²) in [6, 6.07) is 9.33. The first-order valence-corrected chi connectivity index (χ1v) is 7.04. The molecule has 0 aliphatic carbocycles. The summed E-state index contributed by atoms with van der Waals surface area (Å²) in [5.74, 6) is 2.04. The molecule has 0 unspecified atom stereocenters. The molecule has 1 heterocycles. The molecule has 0 saturated carbocycles. The van der Waals surface area contributed by atoms with Crippen LogP contribution in [0.3, 0.4) is 0 Å². The van der Waals surface area contributed by atoms with E-state index in [-0.39, 0.29) is 6.03 Å². The minimum absolute atomic E-state index is 0.000315. The average Bonchev–Trinajstić information content (AvgIpc) is 2.46. The maximum Gasteiger partial charge on any atom is 0.317 e. The van der Waals surface area contributed by atoms with E-state index in [0.29, 0.717) is 12.1 Å². The summed E-state index contributed by atoms with van der Waals surface area (Å²) < 4.78 is 0. The molecule has 1 aliphatic rings. The van der Waals surface area contributed by atoms with Crippen molar-refractivity contribution in [3.05, 3.63) is 35.4 Å². The second kappa shape index (κ2) is 6.31. The quantitative estimate of drug-likeness (QED) is 0.883. The Bertz CT molecular complexity index is 446. The van der Waals surface area contributed by atoms with Gasteiger partial charge < -0.3 is 10.2 Å². The lowest BCUT2D eigenvalue weighted by Gasteiger charge is -2.26. The topological polar surface area (TPSA) is 56.1 Å². The zero-order chi connectivity index (χ0) is 12.8. The van der Waals surface area contributed by atoms with Crippen molar-refractivity contribution in [1.82, 2.24) is 10.2 Å². The van der Waals surface area contributed by atoms with E-state index in [2.05, 4.69) is 11.4 Å². The second-order valence-corrected chi connectivity index (χ2v) is 5.29. The number of nitrogens with zero attached hydrogens (tertiary/aromatic N) is 2. The minimum Gasteiger partial charge on any atom is -0.334 e. The molecular formula is C13H15N3OS. The molecule has 0 aromatic heterocycles. The van der Waals surface area contributed by atoms with E-state index in [0.717, 1.165) is 30.2 Å². The molecule has 1 aromatic carbocycles. The summed E-state index contributed by atoms with van der Waals surface area (Å²) >= 11 is 1.88. The predicted molar refractivity (Wildman–Crippen MR) is 72.3 cm³/mol. The van der Waals surface area contributed by atoms with Gasteiger partial charge in [0.15, 0.2) is 0 Å². The van der Waals surface area contributed by atoms with Crippen molar-refractivity contribution < 1.29 is 4.79 Å². The lowest BCUT2D eigenvalue weighted by molar-refractivity contribution is 0.202. The van der Waals surface area contributed by atoms with Gasteiger partial charge in [-0.05, 0) is 17.7 Å². The van der Waals surface area contributed by atoms with Gasteiger partial charge >= 0.3 is 6.03 Å². The van der Waals surface area contributed by atoms with Crippen molar-refractivity contribution in [1.29, 1.82) is 5.26 Å². The van der Waals surface area contributed by atoms with Gasteiger partial charge in [0.1, 0.15) is 0 Å². The van der Waals surface area contributed by atoms with Crippen LogP contribution < -0.4 is 5.32 Å². The number of hydrogen-bond donors (Lipinski definition) is 1. The zero-order valence-corrected chi connectivity index (χ0v) is 10.9. The standard InChI is InChI=1S/C13H15N3OS/c14-9-11-1-3-12(4-2-11)10-15-13(17)16-5-7-18-8-6-16/h1-4H,5-8,10H2,(H,15,17). The number of carbonyl (C=O) groups is 1. The van der Waals surface area contributed by atoms with Crippen LogP contribution >= 0.6 is 11.8 Å². The fraction of sp³-hybridized carbons (Fsp3) is 0.385. The Balaban J connectivity index is 1.83. The van der Waals surface area contributed by atoms with Crippen molar-refractivity contribution in [2.24, 2.45) is 0 Å². The normalized spacial score (nSPS) is 14.9. The summed E-state index contributed by atoms with van der Waals surface area (Å²) in [6.45, 7) is 2.15. The van der Waals surface area contributed by atoms with Crippen molar-refractivity contribution in [2.45, 2.75) is 6.54 Å². The Morgan fingerprint density at radius 1 is 1.33 bits per heavy atom. The SMILES string of the molecule is N#Cc1ccc(CNC(=O)N2CCSCC2)cc1. The Morgan fingerprint density at radius 2 is 2.00 bits per heavy atom. The van der Waals surface area contributed by atoms with Crippen molar-refractivity contribution in [2.75, 3.05) is 24.6 Å². The van der Waals surface area contributed by atoms with Gasteiger partial charge in [-0.15, -0.1) is 0 Å². The first-order valence-electron chi connectivity index (χ1n) is 5.89. The van der Waals surface area contributed by atoms with Crippen LogP contribution in [0.25, 0.3) is 0 Å². The van der Waals surface area contributed by atoms with Crippen molar-refractivity contribution >= 4 is 17.8 Å². The Labute approximate surface area is 111 Å². The summed E-state index contributed by atoms with van der Waals surface area (Å²) in [5, 5.41) is 11.6. The van der Waals surface area contributed by atoms with Crippen LogP contribution in [0.1, 0.15) is 11.1 Å². The molecular weight excluding hydrogens is 246 g/mol. The highest BCUT2D eigenvalue weighted by Gasteiger charge is 2.15. The average molecular weight is 261 g/mol. The van der Waals surface area contributed by atoms with E-state index >= 15 is 0 Å². The number of urea groups is 1. The maximum atomic E-state index is 11.8. The Kier molecular flexibility index (Phi) is 4.48. The molecule has 94 valence electrons. The number of amides is 2. The molecule has 2 amide bonds.